The number of nitrogens with one attached hydrogen (secondary N) is 1. The van der Waals surface area contributed by atoms with Crippen LogP contribution >= 0.6 is 0 Å². The largest absolute Gasteiger partial charge is 0.353 e. The van der Waals surface area contributed by atoms with E-state index in [-0.39, 0.29) is 5.91 Å². The number of amides is 1. The predicted molar refractivity (Wildman–Crippen MR) is 124 cm³/mol. The molecule has 3 aromatic rings. The third-order valence-corrected chi connectivity index (χ3v) is 5.89. The molecule has 0 unspecified atom stereocenters. The minimum atomic E-state index is -0.0644. The highest BCUT2D eigenvalue weighted by Crippen LogP contribution is 2.20. The van der Waals surface area contributed by atoms with E-state index >= 15 is 0 Å². The lowest BCUT2D eigenvalue weighted by Crippen LogP contribution is -2.32. The zero-order chi connectivity index (χ0) is 21.6. The Hall–Kier alpha value is -3.36. The molecule has 0 saturated carbocycles. The molecule has 158 valence electrons. The van der Waals surface area contributed by atoms with Crippen LogP contribution in [0.5, 0.6) is 0 Å². The summed E-state index contributed by atoms with van der Waals surface area (Å²) in [5, 5.41) is 13.2. The van der Waals surface area contributed by atoms with Crippen molar-refractivity contribution in [1.29, 1.82) is 5.26 Å². The lowest BCUT2D eigenvalue weighted by molar-refractivity contribution is -0.116. The molecule has 2 heterocycles. The van der Waals surface area contributed by atoms with Gasteiger partial charge >= 0.3 is 0 Å². The van der Waals surface area contributed by atoms with Crippen LogP contribution in [0.3, 0.4) is 0 Å². The van der Waals surface area contributed by atoms with E-state index in [1.165, 1.54) is 22.1 Å². The van der Waals surface area contributed by atoms with E-state index in [0.717, 1.165) is 50.0 Å². The highest BCUT2D eigenvalue weighted by Gasteiger charge is 2.16. The van der Waals surface area contributed by atoms with Gasteiger partial charge < -0.3 is 9.88 Å². The van der Waals surface area contributed by atoms with Gasteiger partial charge in [0.15, 0.2) is 0 Å². The molecule has 0 aliphatic carbocycles. The van der Waals surface area contributed by atoms with Crippen molar-refractivity contribution in [3.63, 3.8) is 0 Å². The van der Waals surface area contributed by atoms with Crippen molar-refractivity contribution in [1.82, 2.24) is 14.8 Å². The maximum atomic E-state index is 12.2. The molecule has 1 aromatic heterocycles. The second-order valence-corrected chi connectivity index (χ2v) is 8.22. The molecule has 0 saturated heterocycles. The first-order valence-corrected chi connectivity index (χ1v) is 10.9. The number of nitrogens with zero attached hydrogens (tertiary/aromatic N) is 3. The van der Waals surface area contributed by atoms with Gasteiger partial charge in [-0.3, -0.25) is 9.69 Å². The first kappa shape index (κ1) is 20.9. The van der Waals surface area contributed by atoms with Gasteiger partial charge in [-0.15, -0.1) is 0 Å². The number of hydrogen-bond acceptors (Lipinski definition) is 3. The zero-order valence-electron chi connectivity index (χ0n) is 18.0. The summed E-state index contributed by atoms with van der Waals surface area (Å²) in [6, 6.07) is 16.6. The second-order valence-electron chi connectivity index (χ2n) is 8.22. The molecular formula is C26H28N4O. The van der Waals surface area contributed by atoms with Crippen LogP contribution in [-0.2, 0) is 17.8 Å². The average Bonchev–Trinajstić information content (AvgIpc) is 3.18. The molecule has 0 bridgehead atoms. The molecule has 1 N–H and O–H groups in total. The maximum absolute atomic E-state index is 12.2. The summed E-state index contributed by atoms with van der Waals surface area (Å²) in [7, 11) is 0. The number of rotatable bonds is 7. The topological polar surface area (TPSA) is 61.1 Å². The van der Waals surface area contributed by atoms with Gasteiger partial charge in [0.25, 0.3) is 0 Å². The highest BCUT2D eigenvalue weighted by atomic mass is 16.1. The van der Waals surface area contributed by atoms with Crippen LogP contribution in [0.15, 0.2) is 54.7 Å². The van der Waals surface area contributed by atoms with Crippen LogP contribution in [0.2, 0.25) is 0 Å². The van der Waals surface area contributed by atoms with E-state index in [0.29, 0.717) is 6.54 Å². The molecule has 0 atom stereocenters. The van der Waals surface area contributed by atoms with Gasteiger partial charge in [0, 0.05) is 38.1 Å². The van der Waals surface area contributed by atoms with Crippen LogP contribution < -0.4 is 5.32 Å². The number of aromatic nitrogens is 1. The second kappa shape index (κ2) is 9.63. The van der Waals surface area contributed by atoms with Crippen LogP contribution in [0.4, 0.5) is 0 Å². The molecule has 1 amide bonds. The van der Waals surface area contributed by atoms with Gasteiger partial charge in [-0.2, -0.15) is 5.26 Å². The lowest BCUT2D eigenvalue weighted by atomic mass is 9.97. The molecule has 31 heavy (non-hydrogen) atoms. The Kier molecular flexibility index (Phi) is 6.49. The smallest absolute Gasteiger partial charge is 0.245 e. The standard InChI is InChI=1S/C26H28N4O/c1-20-4-6-23-9-14-30(25(23)16-20)15-10-26(31)28-11-2-3-12-29-13-8-22-7-5-21(18-27)17-24(22)19-29/h4-7,9-10,14-17H,2-3,8,11-13,19H2,1H3,(H,28,31)/b15-10+. The van der Waals surface area contributed by atoms with Crippen molar-refractivity contribution >= 4 is 23.0 Å². The minimum Gasteiger partial charge on any atom is -0.353 e. The van der Waals surface area contributed by atoms with Crippen molar-refractivity contribution in [2.24, 2.45) is 0 Å². The summed E-state index contributed by atoms with van der Waals surface area (Å²) < 4.78 is 1.98. The molecule has 5 heteroatoms. The van der Waals surface area contributed by atoms with Gasteiger partial charge in [0.1, 0.15) is 0 Å². The van der Waals surface area contributed by atoms with Crippen molar-refractivity contribution in [3.05, 3.63) is 77.0 Å². The molecule has 1 aliphatic rings. The molecule has 0 fully saturated rings. The Morgan fingerprint density at radius 1 is 1.16 bits per heavy atom. The first-order chi connectivity index (χ1) is 15.1. The molecule has 2 aromatic carbocycles. The van der Waals surface area contributed by atoms with E-state index in [1.54, 1.807) is 6.08 Å². The fourth-order valence-electron chi connectivity index (χ4n) is 4.14. The normalized spacial score (nSPS) is 13.9. The van der Waals surface area contributed by atoms with Crippen molar-refractivity contribution in [3.8, 4) is 6.07 Å². The Bertz CT molecular complexity index is 1150. The number of aryl methyl sites for hydroxylation is 1. The monoisotopic (exact) mass is 412 g/mol. The SMILES string of the molecule is Cc1ccc2ccn(/C=C/C(=O)NCCCCN3CCc4ccc(C#N)cc4C3)c2c1. The maximum Gasteiger partial charge on any atom is 0.245 e. The van der Waals surface area contributed by atoms with Crippen molar-refractivity contribution in [2.75, 3.05) is 19.6 Å². The predicted octanol–water partition coefficient (Wildman–Crippen LogP) is 4.25. The summed E-state index contributed by atoms with van der Waals surface area (Å²) in [4.78, 5) is 14.6. The molecule has 4 rings (SSSR count). The summed E-state index contributed by atoms with van der Waals surface area (Å²) in [6.07, 6.45) is 8.42. The molecule has 0 radical (unpaired) electrons. The molecule has 1 aliphatic heterocycles. The van der Waals surface area contributed by atoms with Crippen LogP contribution in [-0.4, -0.2) is 35.0 Å². The molecule has 5 nitrogen and oxygen atoms in total. The highest BCUT2D eigenvalue weighted by molar-refractivity contribution is 5.91. The number of carbonyl (C=O) groups excluding carboxylic acids is 1. The van der Waals surface area contributed by atoms with Crippen molar-refractivity contribution < 1.29 is 4.79 Å². The van der Waals surface area contributed by atoms with E-state index in [2.05, 4.69) is 53.5 Å². The van der Waals surface area contributed by atoms with Gasteiger partial charge in [-0.1, -0.05) is 18.2 Å². The Morgan fingerprint density at radius 2 is 2.06 bits per heavy atom. The summed E-state index contributed by atoms with van der Waals surface area (Å²) in [5.74, 6) is -0.0644. The van der Waals surface area contributed by atoms with E-state index in [1.807, 2.05) is 29.1 Å². The fourth-order valence-corrected chi connectivity index (χ4v) is 4.14. The van der Waals surface area contributed by atoms with Gasteiger partial charge in [-0.25, -0.2) is 0 Å². The summed E-state index contributed by atoms with van der Waals surface area (Å²) in [6.45, 7) is 5.72. The number of hydrogen-bond donors (Lipinski definition) is 1. The van der Waals surface area contributed by atoms with Gasteiger partial charge in [-0.05, 0) is 79.1 Å². The first-order valence-electron chi connectivity index (χ1n) is 10.9. The Morgan fingerprint density at radius 3 is 2.94 bits per heavy atom. The van der Waals surface area contributed by atoms with Gasteiger partial charge in [0.2, 0.25) is 5.91 Å². The lowest BCUT2D eigenvalue weighted by Gasteiger charge is -2.28. The number of carbonyl (C=O) groups is 1. The number of benzene rings is 2. The van der Waals surface area contributed by atoms with Crippen LogP contribution in [0, 0.1) is 18.3 Å². The average molecular weight is 413 g/mol. The van der Waals surface area contributed by atoms with E-state index in [4.69, 9.17) is 5.26 Å². The quantitative estimate of drug-likeness (QED) is 0.466. The number of fused-ring (bicyclic) bond motifs is 2. The fraction of sp³-hybridized carbons (Fsp3) is 0.308. The van der Waals surface area contributed by atoms with Gasteiger partial charge in [0.05, 0.1) is 17.1 Å². The van der Waals surface area contributed by atoms with Crippen LogP contribution in [0.1, 0.15) is 35.1 Å². The summed E-state index contributed by atoms with van der Waals surface area (Å²) >= 11 is 0. The third-order valence-electron chi connectivity index (χ3n) is 5.89. The molecular weight excluding hydrogens is 384 g/mol. The van der Waals surface area contributed by atoms with Crippen molar-refractivity contribution in [2.45, 2.75) is 32.7 Å². The number of nitriles is 1. The van der Waals surface area contributed by atoms with E-state index < -0.39 is 0 Å². The van der Waals surface area contributed by atoms with E-state index in [9.17, 15) is 4.79 Å². The minimum absolute atomic E-state index is 0.0644. The van der Waals surface area contributed by atoms with Crippen LogP contribution in [0.25, 0.3) is 17.1 Å². The summed E-state index contributed by atoms with van der Waals surface area (Å²) in [5.41, 5.74) is 5.68. The zero-order valence-corrected chi connectivity index (χ0v) is 18.0. The Labute approximate surface area is 183 Å². The third kappa shape index (κ3) is 5.22. The number of unbranched alkanes of at least 4 members (excludes halogenated alkanes) is 1. The molecule has 0 spiro atoms. The Balaban J connectivity index is 1.19.